The van der Waals surface area contributed by atoms with Gasteiger partial charge >= 0.3 is 0 Å². The molecule has 0 bridgehead atoms. The van der Waals surface area contributed by atoms with Crippen LogP contribution in [0.5, 0.6) is 0 Å². The van der Waals surface area contributed by atoms with Crippen molar-refractivity contribution in [3.63, 3.8) is 0 Å². The molecule has 4 aromatic rings. The van der Waals surface area contributed by atoms with Crippen molar-refractivity contribution in [1.82, 2.24) is 4.98 Å². The van der Waals surface area contributed by atoms with E-state index in [-0.39, 0.29) is 0 Å². The largest absolute Gasteiger partial charge is 0.366 e. The van der Waals surface area contributed by atoms with Gasteiger partial charge in [-0.1, -0.05) is 53.3 Å². The molecule has 31 heavy (non-hydrogen) atoms. The highest BCUT2D eigenvalue weighted by atomic mass is 35.5. The Morgan fingerprint density at radius 2 is 1.90 bits per heavy atom. The Bertz CT molecular complexity index is 1260. The Morgan fingerprint density at radius 1 is 1.06 bits per heavy atom. The van der Waals surface area contributed by atoms with Crippen molar-refractivity contribution in [3.8, 4) is 6.07 Å². The van der Waals surface area contributed by atoms with Crippen LogP contribution in [0.4, 0.5) is 16.5 Å². The number of hydrogen-bond acceptors (Lipinski definition) is 6. The molecule has 0 spiro atoms. The normalized spacial score (nSPS) is 11.1. The average Bonchev–Trinajstić information content (AvgIpc) is 3.18. The molecule has 0 saturated heterocycles. The first-order valence-electron chi connectivity index (χ1n) is 9.87. The molecule has 1 heterocycles. The summed E-state index contributed by atoms with van der Waals surface area (Å²) in [7, 11) is 0. The van der Waals surface area contributed by atoms with Crippen molar-refractivity contribution in [1.29, 1.82) is 5.26 Å². The van der Waals surface area contributed by atoms with Crippen LogP contribution in [0, 0.1) is 18.3 Å². The lowest BCUT2D eigenvalue weighted by Crippen LogP contribution is -2.23. The zero-order valence-corrected chi connectivity index (χ0v) is 18.6. The molecule has 0 amide bonds. The SMILES string of the molecule is Cc1cc(N(CCC#N)Cc2ccccc2)ccc1N=Nc1nc2ccc(Cl)cc2s1. The number of hydrogen-bond donors (Lipinski definition) is 0. The molecule has 4 rings (SSSR count). The van der Waals surface area contributed by atoms with E-state index in [4.69, 9.17) is 16.9 Å². The second-order valence-electron chi connectivity index (χ2n) is 7.09. The van der Waals surface area contributed by atoms with E-state index in [9.17, 15) is 0 Å². The molecule has 0 aliphatic carbocycles. The van der Waals surface area contributed by atoms with Crippen molar-refractivity contribution in [2.45, 2.75) is 19.9 Å². The average molecular weight is 446 g/mol. The van der Waals surface area contributed by atoms with Gasteiger partial charge in [-0.3, -0.25) is 0 Å². The van der Waals surface area contributed by atoms with Crippen LogP contribution >= 0.6 is 22.9 Å². The number of halogens is 1. The van der Waals surface area contributed by atoms with Crippen LogP contribution in [0.25, 0.3) is 10.2 Å². The first-order valence-corrected chi connectivity index (χ1v) is 11.1. The molecule has 0 atom stereocenters. The summed E-state index contributed by atoms with van der Waals surface area (Å²) in [4.78, 5) is 6.70. The summed E-state index contributed by atoms with van der Waals surface area (Å²) in [5.74, 6) is 0. The first-order chi connectivity index (χ1) is 15.1. The molecule has 5 nitrogen and oxygen atoms in total. The summed E-state index contributed by atoms with van der Waals surface area (Å²) < 4.78 is 0.988. The Morgan fingerprint density at radius 3 is 2.68 bits per heavy atom. The number of rotatable bonds is 7. The predicted octanol–water partition coefficient (Wildman–Crippen LogP) is 7.59. The van der Waals surface area contributed by atoms with Gasteiger partial charge in [0.25, 0.3) is 0 Å². The van der Waals surface area contributed by atoms with E-state index in [1.807, 2.05) is 55.5 Å². The van der Waals surface area contributed by atoms with Crippen LogP contribution in [0.2, 0.25) is 5.02 Å². The number of nitrogens with zero attached hydrogens (tertiary/aromatic N) is 5. The molecule has 0 N–H and O–H groups in total. The third kappa shape index (κ3) is 5.26. The van der Waals surface area contributed by atoms with Crippen LogP contribution in [0.3, 0.4) is 0 Å². The second-order valence-corrected chi connectivity index (χ2v) is 8.54. The molecule has 1 aromatic heterocycles. The Labute approximate surface area is 190 Å². The van der Waals surface area contributed by atoms with Crippen molar-refractivity contribution in [2.75, 3.05) is 11.4 Å². The highest BCUT2D eigenvalue weighted by Crippen LogP contribution is 2.32. The Hall–Kier alpha value is -3.27. The van der Waals surface area contributed by atoms with Crippen LogP contribution in [0.1, 0.15) is 17.5 Å². The predicted molar refractivity (Wildman–Crippen MR) is 128 cm³/mol. The van der Waals surface area contributed by atoms with Gasteiger partial charge in [0.15, 0.2) is 0 Å². The van der Waals surface area contributed by atoms with Crippen LogP contribution in [-0.4, -0.2) is 11.5 Å². The summed E-state index contributed by atoms with van der Waals surface area (Å²) >= 11 is 7.51. The van der Waals surface area contributed by atoms with Crippen LogP contribution in [-0.2, 0) is 6.54 Å². The zero-order valence-electron chi connectivity index (χ0n) is 17.0. The minimum atomic E-state index is 0.467. The molecule has 3 aromatic carbocycles. The van der Waals surface area contributed by atoms with Gasteiger partial charge in [-0.25, -0.2) is 4.98 Å². The summed E-state index contributed by atoms with van der Waals surface area (Å²) in [5.41, 5.74) is 4.94. The fourth-order valence-electron chi connectivity index (χ4n) is 3.26. The molecule has 0 radical (unpaired) electrons. The quantitative estimate of drug-likeness (QED) is 0.275. The summed E-state index contributed by atoms with van der Waals surface area (Å²) in [6.45, 7) is 3.43. The molecular formula is C24H20ClN5S. The van der Waals surface area contributed by atoms with E-state index in [0.717, 1.165) is 33.7 Å². The van der Waals surface area contributed by atoms with E-state index >= 15 is 0 Å². The maximum Gasteiger partial charge on any atom is 0.231 e. The molecule has 154 valence electrons. The fraction of sp³-hybridized carbons (Fsp3) is 0.167. The number of azo groups is 1. The summed E-state index contributed by atoms with van der Waals surface area (Å²) in [6, 6.07) is 24.2. The number of benzene rings is 3. The summed E-state index contributed by atoms with van der Waals surface area (Å²) in [6.07, 6.45) is 0.467. The van der Waals surface area contributed by atoms with Gasteiger partial charge in [0.05, 0.1) is 28.4 Å². The Balaban J connectivity index is 1.55. The van der Waals surface area contributed by atoms with Gasteiger partial charge in [-0.15, -0.1) is 10.2 Å². The van der Waals surface area contributed by atoms with Crippen LogP contribution < -0.4 is 4.90 Å². The maximum absolute atomic E-state index is 9.06. The molecule has 0 saturated carbocycles. The zero-order chi connectivity index (χ0) is 21.6. The topological polar surface area (TPSA) is 64.6 Å². The van der Waals surface area contributed by atoms with Crippen molar-refractivity contribution in [2.24, 2.45) is 10.2 Å². The van der Waals surface area contributed by atoms with E-state index in [1.54, 1.807) is 0 Å². The number of aryl methyl sites for hydroxylation is 1. The smallest absolute Gasteiger partial charge is 0.231 e. The molecular weight excluding hydrogens is 426 g/mol. The minimum absolute atomic E-state index is 0.467. The molecule has 0 aliphatic rings. The van der Waals surface area contributed by atoms with E-state index in [1.165, 1.54) is 16.9 Å². The highest BCUT2D eigenvalue weighted by molar-refractivity contribution is 7.21. The monoisotopic (exact) mass is 445 g/mol. The molecule has 0 fully saturated rings. The minimum Gasteiger partial charge on any atom is -0.366 e. The first kappa shape index (κ1) is 21.0. The lowest BCUT2D eigenvalue weighted by atomic mass is 10.1. The third-order valence-corrected chi connectivity index (χ3v) is 5.98. The van der Waals surface area contributed by atoms with Gasteiger partial charge in [0.1, 0.15) is 0 Å². The van der Waals surface area contributed by atoms with Gasteiger partial charge in [-0.05, 0) is 54.4 Å². The number of fused-ring (bicyclic) bond motifs is 1. The van der Waals surface area contributed by atoms with Crippen molar-refractivity contribution in [3.05, 3.63) is 82.9 Å². The third-order valence-electron chi connectivity index (χ3n) is 4.84. The maximum atomic E-state index is 9.06. The lowest BCUT2D eigenvalue weighted by molar-refractivity contribution is 0.797. The van der Waals surface area contributed by atoms with Crippen molar-refractivity contribution < 1.29 is 0 Å². The molecule has 7 heteroatoms. The standard InChI is InChI=1S/C24H20ClN5S/c1-17-14-20(30(13-5-12-26)16-18-6-3-2-4-7-18)9-11-21(17)28-29-24-27-22-10-8-19(25)15-23(22)31-24/h2-4,6-11,14-15H,5,13,16H2,1H3. The van der Waals surface area contributed by atoms with Gasteiger partial charge < -0.3 is 4.90 Å². The number of thiazole rings is 1. The van der Waals surface area contributed by atoms with E-state index in [0.29, 0.717) is 23.1 Å². The summed E-state index contributed by atoms with van der Waals surface area (Å²) in [5, 5.41) is 19.1. The van der Waals surface area contributed by atoms with E-state index in [2.05, 4.69) is 44.4 Å². The fourth-order valence-corrected chi connectivity index (χ4v) is 4.33. The number of aromatic nitrogens is 1. The van der Waals surface area contributed by atoms with Gasteiger partial charge in [0, 0.05) is 23.8 Å². The van der Waals surface area contributed by atoms with Crippen LogP contribution in [0.15, 0.2) is 77.0 Å². The lowest BCUT2D eigenvalue weighted by Gasteiger charge is -2.24. The number of nitriles is 1. The van der Waals surface area contributed by atoms with Gasteiger partial charge in [0.2, 0.25) is 5.13 Å². The highest BCUT2D eigenvalue weighted by Gasteiger charge is 2.10. The van der Waals surface area contributed by atoms with Gasteiger partial charge in [-0.2, -0.15) is 5.26 Å². The Kier molecular flexibility index (Phi) is 6.56. The van der Waals surface area contributed by atoms with E-state index < -0.39 is 0 Å². The number of anilines is 1. The molecule has 0 unspecified atom stereocenters. The molecule has 0 aliphatic heterocycles. The van der Waals surface area contributed by atoms with Crippen molar-refractivity contribution >= 4 is 49.7 Å². The second kappa shape index (κ2) is 9.69.